The van der Waals surface area contributed by atoms with E-state index in [1.54, 1.807) is 18.2 Å². The lowest BCUT2D eigenvalue weighted by molar-refractivity contribution is 0.214. The Balaban J connectivity index is 2.34. The molecule has 0 spiro atoms. The van der Waals surface area contributed by atoms with Gasteiger partial charge in [-0.2, -0.15) is 0 Å². The van der Waals surface area contributed by atoms with Crippen molar-refractivity contribution in [2.75, 3.05) is 12.4 Å². The van der Waals surface area contributed by atoms with Crippen LogP contribution in [0.5, 0.6) is 11.5 Å². The Morgan fingerprint density at radius 3 is 2.18 bits per heavy atom. The van der Waals surface area contributed by atoms with E-state index in [4.69, 9.17) is 21.1 Å². The number of methoxy groups -OCH3 is 1. The second-order valence-corrected chi connectivity index (χ2v) is 9.96. The minimum absolute atomic E-state index is 0.0247. The summed E-state index contributed by atoms with van der Waals surface area (Å²) in [6.07, 6.45) is -0.587. The van der Waals surface area contributed by atoms with Crippen molar-refractivity contribution in [1.82, 2.24) is 0 Å². The van der Waals surface area contributed by atoms with Crippen molar-refractivity contribution in [3.05, 3.63) is 51.0 Å². The Morgan fingerprint density at radius 2 is 1.68 bits per heavy atom. The smallest absolute Gasteiger partial charge is 0.417 e. The van der Waals surface area contributed by atoms with Crippen molar-refractivity contribution in [1.29, 1.82) is 0 Å². The van der Waals surface area contributed by atoms with Crippen molar-refractivity contribution >= 4 is 39.3 Å². The molecule has 0 aromatic heterocycles. The average molecular weight is 469 g/mol. The highest BCUT2D eigenvalue weighted by Crippen LogP contribution is 2.41. The molecule has 28 heavy (non-hydrogen) atoms. The highest BCUT2D eigenvalue weighted by Gasteiger charge is 2.26. The number of ether oxygens (including phenoxy) is 2. The van der Waals surface area contributed by atoms with E-state index in [0.29, 0.717) is 22.2 Å². The number of anilines is 1. The van der Waals surface area contributed by atoms with Crippen LogP contribution in [-0.4, -0.2) is 13.2 Å². The van der Waals surface area contributed by atoms with Crippen LogP contribution >= 0.6 is 27.5 Å². The van der Waals surface area contributed by atoms with E-state index in [2.05, 4.69) is 68.9 Å². The summed E-state index contributed by atoms with van der Waals surface area (Å²) in [5, 5.41) is 3.12. The maximum absolute atomic E-state index is 12.5. The quantitative estimate of drug-likeness (QED) is 0.513. The Kier molecular flexibility index (Phi) is 6.72. The molecule has 152 valence electrons. The minimum atomic E-state index is -0.587. The Hall–Kier alpha value is -1.72. The Morgan fingerprint density at radius 1 is 1.04 bits per heavy atom. The molecule has 2 aromatic rings. The molecule has 0 unspecified atom stereocenters. The first kappa shape index (κ1) is 22.6. The van der Waals surface area contributed by atoms with E-state index in [0.717, 1.165) is 10.0 Å². The predicted molar refractivity (Wildman–Crippen MR) is 119 cm³/mol. The maximum Gasteiger partial charge on any atom is 0.417 e. The summed E-state index contributed by atoms with van der Waals surface area (Å²) in [5.74, 6) is 1.05. The number of hydrogen-bond donors (Lipinski definition) is 1. The molecule has 0 atom stereocenters. The summed E-state index contributed by atoms with van der Waals surface area (Å²) >= 11 is 9.70. The highest BCUT2D eigenvalue weighted by molar-refractivity contribution is 9.10. The molecule has 0 saturated heterocycles. The van der Waals surface area contributed by atoms with Crippen LogP contribution < -0.4 is 14.8 Å². The largest absolute Gasteiger partial charge is 0.495 e. The molecule has 4 nitrogen and oxygen atoms in total. The summed E-state index contributed by atoms with van der Waals surface area (Å²) in [6.45, 7) is 12.7. The normalized spacial score (nSPS) is 11.9. The number of nitrogens with one attached hydrogen (secondary N) is 1. The summed E-state index contributed by atoms with van der Waals surface area (Å²) in [5.41, 5.74) is 2.41. The van der Waals surface area contributed by atoms with Crippen LogP contribution in [0.15, 0.2) is 34.8 Å². The predicted octanol–water partition coefficient (Wildman–Crippen LogP) is 7.32. The number of carbonyl (C=O) groups is 1. The summed E-state index contributed by atoms with van der Waals surface area (Å²) < 4.78 is 11.6. The molecule has 0 aliphatic heterocycles. The molecule has 0 heterocycles. The molecule has 0 aliphatic carbocycles. The maximum atomic E-state index is 12.5. The highest BCUT2D eigenvalue weighted by atomic mass is 79.9. The first-order valence-corrected chi connectivity index (χ1v) is 10.2. The van der Waals surface area contributed by atoms with Gasteiger partial charge < -0.3 is 9.47 Å². The number of hydrogen-bond acceptors (Lipinski definition) is 3. The van der Waals surface area contributed by atoms with Crippen molar-refractivity contribution in [3.63, 3.8) is 0 Å². The fourth-order valence-corrected chi connectivity index (χ4v) is 3.47. The van der Waals surface area contributed by atoms with Crippen molar-refractivity contribution in [2.45, 2.75) is 52.4 Å². The third-order valence-corrected chi connectivity index (χ3v) is 5.20. The average Bonchev–Trinajstić information content (AvgIpc) is 2.54. The van der Waals surface area contributed by atoms with Gasteiger partial charge in [-0.1, -0.05) is 59.2 Å². The van der Waals surface area contributed by atoms with Gasteiger partial charge in [0.15, 0.2) is 5.75 Å². The topological polar surface area (TPSA) is 47.6 Å². The van der Waals surface area contributed by atoms with E-state index < -0.39 is 6.09 Å². The summed E-state index contributed by atoms with van der Waals surface area (Å²) in [6, 6.07) is 9.12. The zero-order chi connectivity index (χ0) is 21.3. The van der Waals surface area contributed by atoms with Crippen LogP contribution in [-0.2, 0) is 10.8 Å². The number of benzene rings is 2. The fourth-order valence-electron chi connectivity index (χ4n) is 2.67. The standard InChI is InChI=1S/C22H27BrClNO3/c1-21(2,3)13-10-15(22(4,5)6)19(16(23)11-13)28-20(26)25-14-8-9-18(27-7)17(24)12-14/h8-12H,1-7H3,(H,25,26). The van der Waals surface area contributed by atoms with Gasteiger partial charge in [-0.05, 0) is 56.6 Å². The van der Waals surface area contributed by atoms with Gasteiger partial charge in [-0.15, -0.1) is 0 Å². The molecule has 1 amide bonds. The molecule has 0 radical (unpaired) electrons. The molecule has 0 aliphatic rings. The van der Waals surface area contributed by atoms with Gasteiger partial charge in [-0.3, -0.25) is 5.32 Å². The molecular weight excluding hydrogens is 442 g/mol. The molecule has 0 bridgehead atoms. The van der Waals surface area contributed by atoms with Crippen molar-refractivity contribution in [2.24, 2.45) is 0 Å². The van der Waals surface area contributed by atoms with E-state index in [-0.39, 0.29) is 10.8 Å². The fraction of sp³-hybridized carbons (Fsp3) is 0.409. The first-order chi connectivity index (χ1) is 12.8. The van der Waals surface area contributed by atoms with Gasteiger partial charge in [0, 0.05) is 11.3 Å². The first-order valence-electron chi connectivity index (χ1n) is 9.00. The number of carbonyl (C=O) groups excluding carboxylic acids is 1. The molecule has 0 fully saturated rings. The summed E-state index contributed by atoms with van der Waals surface area (Å²) in [4.78, 5) is 12.5. The lowest BCUT2D eigenvalue weighted by Gasteiger charge is -2.27. The van der Waals surface area contributed by atoms with E-state index in [1.807, 2.05) is 6.07 Å². The van der Waals surface area contributed by atoms with Gasteiger partial charge in [-0.25, -0.2) is 4.79 Å². The second-order valence-electron chi connectivity index (χ2n) is 8.70. The van der Waals surface area contributed by atoms with Crippen molar-refractivity contribution < 1.29 is 14.3 Å². The Bertz CT molecular complexity index is 883. The van der Waals surface area contributed by atoms with Crippen molar-refractivity contribution in [3.8, 4) is 11.5 Å². The molecular formula is C22H27BrClNO3. The second kappa shape index (κ2) is 8.34. The van der Waals surface area contributed by atoms with Crippen LogP contribution in [0.1, 0.15) is 52.7 Å². The lowest BCUT2D eigenvalue weighted by atomic mass is 9.80. The van der Waals surface area contributed by atoms with Crippen LogP contribution in [0.25, 0.3) is 0 Å². The van der Waals surface area contributed by atoms with Gasteiger partial charge in [0.1, 0.15) is 5.75 Å². The van der Waals surface area contributed by atoms with E-state index in [1.165, 1.54) is 12.7 Å². The molecule has 2 rings (SSSR count). The van der Waals surface area contributed by atoms with E-state index in [9.17, 15) is 4.79 Å². The molecule has 0 saturated carbocycles. The van der Waals surface area contributed by atoms with Gasteiger partial charge in [0.25, 0.3) is 0 Å². The van der Waals surface area contributed by atoms with Crippen LogP contribution in [0.4, 0.5) is 10.5 Å². The Labute approximate surface area is 180 Å². The van der Waals surface area contributed by atoms with Crippen LogP contribution in [0.2, 0.25) is 5.02 Å². The third kappa shape index (κ3) is 5.42. The zero-order valence-corrected chi connectivity index (χ0v) is 19.7. The SMILES string of the molecule is COc1ccc(NC(=O)Oc2c(Br)cc(C(C)(C)C)cc2C(C)(C)C)cc1Cl. The molecule has 2 aromatic carbocycles. The van der Waals surface area contributed by atoms with Gasteiger partial charge in [0.05, 0.1) is 16.6 Å². The zero-order valence-electron chi connectivity index (χ0n) is 17.4. The third-order valence-electron chi connectivity index (χ3n) is 4.31. The monoisotopic (exact) mass is 467 g/mol. The number of amides is 1. The number of halogens is 2. The minimum Gasteiger partial charge on any atom is -0.495 e. The molecule has 6 heteroatoms. The van der Waals surface area contributed by atoms with Gasteiger partial charge >= 0.3 is 6.09 Å². The lowest BCUT2D eigenvalue weighted by Crippen LogP contribution is -2.22. The van der Waals surface area contributed by atoms with Crippen LogP contribution in [0.3, 0.4) is 0 Å². The van der Waals surface area contributed by atoms with Gasteiger partial charge in [0.2, 0.25) is 0 Å². The van der Waals surface area contributed by atoms with E-state index >= 15 is 0 Å². The molecule has 1 N–H and O–H groups in total. The van der Waals surface area contributed by atoms with Crippen LogP contribution in [0, 0.1) is 0 Å². The number of rotatable bonds is 3. The summed E-state index contributed by atoms with van der Waals surface area (Å²) in [7, 11) is 1.54.